The maximum absolute atomic E-state index is 14.2. The van der Waals surface area contributed by atoms with Crippen molar-refractivity contribution in [1.29, 1.82) is 0 Å². The van der Waals surface area contributed by atoms with E-state index in [0.717, 1.165) is 57.8 Å². The summed E-state index contributed by atoms with van der Waals surface area (Å²) in [6, 6.07) is -5.11. The summed E-state index contributed by atoms with van der Waals surface area (Å²) < 4.78 is 0. The van der Waals surface area contributed by atoms with E-state index in [9.17, 15) is 29.1 Å². The van der Waals surface area contributed by atoms with Gasteiger partial charge in [-0.15, -0.1) is 0 Å². The Morgan fingerprint density at radius 1 is 0.812 bits per heavy atom. The molecule has 1 heterocycles. The number of likely N-dealkylation sites (N-methyl/N-ethyl adjacent to an activating group) is 1. The minimum atomic E-state index is -1.28. The van der Waals surface area contributed by atoms with Crippen LogP contribution < -0.4 is 27.0 Å². The normalized spacial score (nSPS) is 31.1. The zero-order valence-electron chi connectivity index (χ0n) is 30.1. The van der Waals surface area contributed by atoms with Gasteiger partial charge in [-0.05, 0) is 83.6 Å². The van der Waals surface area contributed by atoms with Gasteiger partial charge in [0.25, 0.3) is 0 Å². The van der Waals surface area contributed by atoms with E-state index in [1.165, 1.54) is 11.8 Å². The van der Waals surface area contributed by atoms with E-state index in [0.29, 0.717) is 25.4 Å². The van der Waals surface area contributed by atoms with Gasteiger partial charge in [0.2, 0.25) is 29.5 Å². The maximum Gasteiger partial charge on any atom is 0.245 e. The fourth-order valence-corrected chi connectivity index (χ4v) is 7.61. The number of aliphatic hydroxyl groups is 1. The largest absolute Gasteiger partial charge is 0.391 e. The molecule has 3 rings (SSSR count). The average Bonchev–Trinajstić information content (AvgIpc) is 3.56. The van der Waals surface area contributed by atoms with Gasteiger partial charge in [0.1, 0.15) is 24.2 Å². The van der Waals surface area contributed by atoms with Crippen LogP contribution in [0.25, 0.3) is 0 Å². The molecule has 3 fully saturated rings. The van der Waals surface area contributed by atoms with Crippen LogP contribution in [0, 0.1) is 17.8 Å². The summed E-state index contributed by atoms with van der Waals surface area (Å²) in [7, 11) is 1.66. The van der Waals surface area contributed by atoms with E-state index in [2.05, 4.69) is 26.2 Å². The monoisotopic (exact) mass is 677 g/mol. The second-order valence-electron chi connectivity index (χ2n) is 15.0. The van der Waals surface area contributed by atoms with Crippen LogP contribution in [0.1, 0.15) is 105 Å². The third-order valence-electron chi connectivity index (χ3n) is 10.4. The van der Waals surface area contributed by atoms with Gasteiger partial charge in [0, 0.05) is 26.2 Å². The molecular formula is C35H63N7O6. The zero-order valence-corrected chi connectivity index (χ0v) is 30.1. The first kappa shape index (κ1) is 39.7. The van der Waals surface area contributed by atoms with E-state index in [1.54, 1.807) is 7.05 Å². The molecule has 2 saturated carbocycles. The molecule has 2 aliphatic carbocycles. The summed E-state index contributed by atoms with van der Waals surface area (Å²) in [4.78, 5) is 73.0. The van der Waals surface area contributed by atoms with Crippen LogP contribution in [-0.2, 0) is 24.0 Å². The van der Waals surface area contributed by atoms with Crippen LogP contribution in [0.2, 0.25) is 0 Å². The highest BCUT2D eigenvalue weighted by Crippen LogP contribution is 2.28. The predicted molar refractivity (Wildman–Crippen MR) is 184 cm³/mol. The molecule has 48 heavy (non-hydrogen) atoms. The van der Waals surface area contributed by atoms with Crippen molar-refractivity contribution in [2.75, 3.05) is 26.7 Å². The van der Waals surface area contributed by atoms with Crippen molar-refractivity contribution in [2.24, 2.45) is 23.5 Å². The number of rotatable bonds is 8. The van der Waals surface area contributed by atoms with Crippen LogP contribution in [0.3, 0.4) is 0 Å². The topological polar surface area (TPSA) is 186 Å². The van der Waals surface area contributed by atoms with E-state index in [1.807, 2.05) is 27.7 Å². The third-order valence-corrected chi connectivity index (χ3v) is 10.4. The molecule has 3 aliphatic rings. The molecule has 13 nitrogen and oxygen atoms in total. The summed E-state index contributed by atoms with van der Waals surface area (Å²) >= 11 is 0. The molecule has 274 valence electrons. The lowest BCUT2D eigenvalue weighted by Gasteiger charge is -2.38. The highest BCUT2D eigenvalue weighted by atomic mass is 16.3. The first-order valence-electron chi connectivity index (χ1n) is 18.3. The van der Waals surface area contributed by atoms with Crippen molar-refractivity contribution >= 4 is 29.5 Å². The molecule has 0 unspecified atom stereocenters. The number of hydrogen-bond donors (Lipinski definition) is 6. The van der Waals surface area contributed by atoms with Crippen LogP contribution in [0.4, 0.5) is 0 Å². The van der Waals surface area contributed by atoms with E-state index >= 15 is 0 Å². The molecule has 0 radical (unpaired) electrons. The predicted octanol–water partition coefficient (Wildman–Crippen LogP) is 1.02. The van der Waals surface area contributed by atoms with Crippen LogP contribution in [0.5, 0.6) is 0 Å². The van der Waals surface area contributed by atoms with Crippen molar-refractivity contribution in [3.8, 4) is 0 Å². The lowest BCUT2D eigenvalue weighted by Crippen LogP contribution is -2.63. The standard InChI is InChI=1S/C35H63N7O6/c1-21(2)18-28-32(45)40-30(26-14-8-7-9-15-26)34(47)38-27(16-17-36)31(44)39-29(24(5)43)33(46)37-22(3)19-42(20-25-12-10-11-13-25)23(4)35(48)41(28)6/h21-30,43H,7-20,36H2,1-6H3,(H,37,46)(H,38,47)(H,39,44)(H,40,45)/t22-,23+,24+,27+,28+,29+,30+/m1/s1. The van der Waals surface area contributed by atoms with E-state index < -0.39 is 66.0 Å². The minimum absolute atomic E-state index is 0.0831. The van der Waals surface area contributed by atoms with Gasteiger partial charge in [0.05, 0.1) is 12.1 Å². The van der Waals surface area contributed by atoms with Crippen molar-refractivity contribution in [3.05, 3.63) is 0 Å². The van der Waals surface area contributed by atoms with Gasteiger partial charge >= 0.3 is 0 Å². The van der Waals surface area contributed by atoms with Crippen LogP contribution in [0.15, 0.2) is 0 Å². The fraction of sp³-hybridized carbons (Fsp3) is 0.857. The molecule has 0 aromatic carbocycles. The SMILES string of the molecule is CC(C)C[C@H]1C(=O)N[C@@H](C2CCCCC2)C(=O)N[C@@H](CCN)C(=O)N[C@@H]([C@H](C)O)C(=O)N[C@H](C)CN(CC2CCCC2)[C@@H](C)C(=O)N1C. The minimum Gasteiger partial charge on any atom is -0.391 e. The first-order chi connectivity index (χ1) is 22.7. The number of nitrogens with one attached hydrogen (secondary N) is 4. The van der Waals surface area contributed by atoms with E-state index in [4.69, 9.17) is 5.73 Å². The molecule has 7 atom stereocenters. The number of nitrogens with two attached hydrogens (primary N) is 1. The summed E-state index contributed by atoms with van der Waals surface area (Å²) in [6.07, 6.45) is 8.05. The molecule has 5 amide bonds. The van der Waals surface area contributed by atoms with Gasteiger partial charge in [-0.3, -0.25) is 28.9 Å². The second-order valence-corrected chi connectivity index (χ2v) is 15.0. The summed E-state index contributed by atoms with van der Waals surface area (Å²) in [6.45, 7) is 10.2. The Balaban J connectivity index is 2.05. The number of carbonyl (C=O) groups is 5. The zero-order chi connectivity index (χ0) is 35.5. The van der Waals surface area contributed by atoms with Gasteiger partial charge in [-0.2, -0.15) is 0 Å². The Morgan fingerprint density at radius 2 is 1.44 bits per heavy atom. The number of nitrogens with zero attached hydrogens (tertiary/aromatic N) is 2. The fourth-order valence-electron chi connectivity index (χ4n) is 7.61. The van der Waals surface area contributed by atoms with Crippen LogP contribution >= 0.6 is 0 Å². The molecule has 13 heteroatoms. The number of carbonyl (C=O) groups excluding carboxylic acids is 5. The Hall–Kier alpha value is -2.77. The number of amides is 5. The van der Waals surface area contributed by atoms with Crippen molar-refractivity contribution in [1.82, 2.24) is 31.1 Å². The summed E-state index contributed by atoms with van der Waals surface area (Å²) in [5.41, 5.74) is 5.84. The van der Waals surface area contributed by atoms with Crippen LogP contribution in [-0.4, -0.2) is 113 Å². The molecule has 0 spiro atoms. The molecule has 0 aromatic rings. The second kappa shape index (κ2) is 18.8. The lowest BCUT2D eigenvalue weighted by atomic mass is 9.83. The smallest absolute Gasteiger partial charge is 0.245 e. The molecule has 1 aliphatic heterocycles. The van der Waals surface area contributed by atoms with Gasteiger partial charge in [-0.25, -0.2) is 0 Å². The van der Waals surface area contributed by atoms with Gasteiger partial charge in [0.15, 0.2) is 0 Å². The summed E-state index contributed by atoms with van der Waals surface area (Å²) in [5, 5.41) is 21.9. The highest BCUT2D eigenvalue weighted by molar-refractivity contribution is 5.96. The number of hydrogen-bond acceptors (Lipinski definition) is 8. The highest BCUT2D eigenvalue weighted by Gasteiger charge is 2.39. The molecule has 0 bridgehead atoms. The first-order valence-corrected chi connectivity index (χ1v) is 18.3. The quantitative estimate of drug-likeness (QED) is 0.220. The van der Waals surface area contributed by atoms with Crippen molar-refractivity contribution < 1.29 is 29.1 Å². The van der Waals surface area contributed by atoms with Gasteiger partial charge in [-0.1, -0.05) is 46.0 Å². The lowest BCUT2D eigenvalue weighted by molar-refractivity contribution is -0.144. The third kappa shape index (κ3) is 11.1. The number of aliphatic hydroxyl groups excluding tert-OH is 1. The Morgan fingerprint density at radius 3 is 2.02 bits per heavy atom. The molecule has 7 N–H and O–H groups in total. The average molecular weight is 678 g/mol. The Kier molecular flexibility index (Phi) is 15.6. The Bertz CT molecular complexity index is 1090. The van der Waals surface area contributed by atoms with Crippen molar-refractivity contribution in [3.63, 3.8) is 0 Å². The molecular weight excluding hydrogens is 614 g/mol. The van der Waals surface area contributed by atoms with Crippen molar-refractivity contribution in [2.45, 2.75) is 148 Å². The van der Waals surface area contributed by atoms with E-state index in [-0.39, 0.29) is 30.7 Å². The molecule has 0 aromatic heterocycles. The van der Waals surface area contributed by atoms with Gasteiger partial charge < -0.3 is 37.0 Å². The summed E-state index contributed by atoms with van der Waals surface area (Å²) in [5.74, 6) is -1.95. The maximum atomic E-state index is 14.2. The molecule has 1 saturated heterocycles. The Labute approximate surface area is 287 Å².